The topological polar surface area (TPSA) is 64.0 Å². The summed E-state index contributed by atoms with van der Waals surface area (Å²) < 4.78 is 41.4. The monoisotopic (exact) mass is 409 g/mol. The molecule has 2 aromatic carbocycles. The van der Waals surface area contributed by atoms with E-state index in [0.717, 1.165) is 30.0 Å². The summed E-state index contributed by atoms with van der Waals surface area (Å²) in [6.45, 7) is 3.45. The standard InChI is InChI=1S/C19H20FN3O2S.ClH/c1-13-4-2-3-5-18(13)26(24,25)23-17-7-6-15(20)12-16(17)19(22-23)14-8-10-21-11-9-14;/h2-7,12,14,21H,8-11H2,1H3;1H. The number of hydrogen-bond acceptors (Lipinski definition) is 4. The minimum atomic E-state index is -3.86. The van der Waals surface area contributed by atoms with E-state index in [-0.39, 0.29) is 29.0 Å². The Balaban J connectivity index is 0.00000210. The molecule has 1 fully saturated rings. The van der Waals surface area contributed by atoms with Crippen LogP contribution in [0.4, 0.5) is 4.39 Å². The first-order chi connectivity index (χ1) is 12.5. The Hall–Kier alpha value is -1.96. The van der Waals surface area contributed by atoms with Gasteiger partial charge >= 0.3 is 0 Å². The predicted octanol–water partition coefficient (Wildman–Crippen LogP) is 3.61. The molecule has 2 heterocycles. The number of aryl methyl sites for hydroxylation is 1. The van der Waals surface area contributed by atoms with Gasteiger partial charge in [-0.2, -0.15) is 17.6 Å². The summed E-state index contributed by atoms with van der Waals surface area (Å²) in [6, 6.07) is 11.0. The average molecular weight is 410 g/mol. The molecule has 1 N–H and O–H groups in total. The van der Waals surface area contributed by atoms with Gasteiger partial charge in [-0.3, -0.25) is 0 Å². The molecule has 0 spiro atoms. The first kappa shape index (κ1) is 19.8. The molecule has 144 valence electrons. The molecular formula is C19H21ClFN3O2S. The maximum atomic E-state index is 13.9. The Morgan fingerprint density at radius 1 is 1.15 bits per heavy atom. The van der Waals surface area contributed by atoms with Crippen molar-refractivity contribution in [2.75, 3.05) is 13.1 Å². The van der Waals surface area contributed by atoms with Crippen LogP contribution >= 0.6 is 12.4 Å². The number of fused-ring (bicyclic) bond motifs is 1. The third-order valence-electron chi connectivity index (χ3n) is 4.96. The molecule has 0 atom stereocenters. The lowest BCUT2D eigenvalue weighted by Gasteiger charge is -2.21. The van der Waals surface area contributed by atoms with Gasteiger partial charge in [0.1, 0.15) is 5.82 Å². The van der Waals surface area contributed by atoms with Crippen LogP contribution in [0.5, 0.6) is 0 Å². The summed E-state index contributed by atoms with van der Waals surface area (Å²) in [5.41, 5.74) is 1.74. The summed E-state index contributed by atoms with van der Waals surface area (Å²) in [6.07, 6.45) is 1.71. The predicted molar refractivity (Wildman–Crippen MR) is 106 cm³/mol. The highest BCUT2D eigenvalue weighted by molar-refractivity contribution is 7.90. The normalized spacial score (nSPS) is 15.6. The van der Waals surface area contributed by atoms with Crippen molar-refractivity contribution >= 4 is 33.3 Å². The van der Waals surface area contributed by atoms with Crippen LogP contribution in [0.25, 0.3) is 10.9 Å². The second-order valence-corrected chi connectivity index (χ2v) is 8.42. The fourth-order valence-electron chi connectivity index (χ4n) is 3.60. The van der Waals surface area contributed by atoms with E-state index >= 15 is 0 Å². The zero-order chi connectivity index (χ0) is 18.3. The molecule has 0 saturated carbocycles. The maximum Gasteiger partial charge on any atom is 0.283 e. The van der Waals surface area contributed by atoms with Gasteiger partial charge in [0.2, 0.25) is 0 Å². The van der Waals surface area contributed by atoms with Crippen molar-refractivity contribution in [2.24, 2.45) is 0 Å². The van der Waals surface area contributed by atoms with E-state index in [9.17, 15) is 12.8 Å². The summed E-state index contributed by atoms with van der Waals surface area (Å²) >= 11 is 0. The van der Waals surface area contributed by atoms with Crippen LogP contribution in [0.1, 0.15) is 30.0 Å². The first-order valence-corrected chi connectivity index (χ1v) is 10.1. The van der Waals surface area contributed by atoms with Crippen molar-refractivity contribution in [1.29, 1.82) is 0 Å². The minimum Gasteiger partial charge on any atom is -0.317 e. The number of benzene rings is 2. The van der Waals surface area contributed by atoms with E-state index in [2.05, 4.69) is 10.4 Å². The number of rotatable bonds is 3. The minimum absolute atomic E-state index is 0. The van der Waals surface area contributed by atoms with E-state index in [1.54, 1.807) is 31.2 Å². The van der Waals surface area contributed by atoms with Gasteiger partial charge in [-0.15, -0.1) is 12.4 Å². The highest BCUT2D eigenvalue weighted by Crippen LogP contribution is 2.33. The van der Waals surface area contributed by atoms with Gasteiger partial charge in [0.15, 0.2) is 0 Å². The lowest BCUT2D eigenvalue weighted by molar-refractivity contribution is 0.453. The fourth-order valence-corrected chi connectivity index (χ4v) is 5.13. The average Bonchev–Trinajstić information content (AvgIpc) is 3.02. The molecule has 27 heavy (non-hydrogen) atoms. The van der Waals surface area contributed by atoms with Crippen LogP contribution in [0.15, 0.2) is 47.4 Å². The third-order valence-corrected chi connectivity index (χ3v) is 6.71. The van der Waals surface area contributed by atoms with Gasteiger partial charge in [-0.25, -0.2) is 4.39 Å². The molecule has 3 aromatic rings. The number of nitrogens with one attached hydrogen (secondary N) is 1. The van der Waals surface area contributed by atoms with Gasteiger partial charge in [0.05, 0.1) is 16.1 Å². The van der Waals surface area contributed by atoms with Gasteiger partial charge in [-0.1, -0.05) is 18.2 Å². The largest absolute Gasteiger partial charge is 0.317 e. The van der Waals surface area contributed by atoms with Gasteiger partial charge < -0.3 is 5.32 Å². The molecule has 4 rings (SSSR count). The highest BCUT2D eigenvalue weighted by atomic mass is 35.5. The van der Waals surface area contributed by atoms with Gasteiger partial charge in [0, 0.05) is 11.3 Å². The number of hydrogen-bond donors (Lipinski definition) is 1. The smallest absolute Gasteiger partial charge is 0.283 e. The summed E-state index contributed by atoms with van der Waals surface area (Å²) in [5.74, 6) is -0.269. The van der Waals surface area contributed by atoms with Crippen LogP contribution in [0, 0.1) is 12.7 Å². The van der Waals surface area contributed by atoms with E-state index in [4.69, 9.17) is 0 Å². The maximum absolute atomic E-state index is 13.9. The van der Waals surface area contributed by atoms with Crippen LogP contribution < -0.4 is 5.32 Å². The van der Waals surface area contributed by atoms with Crippen LogP contribution in [-0.2, 0) is 10.0 Å². The molecular weight excluding hydrogens is 389 g/mol. The number of aromatic nitrogens is 2. The van der Waals surface area contributed by atoms with E-state index < -0.39 is 10.0 Å². The van der Waals surface area contributed by atoms with Gasteiger partial charge in [0.25, 0.3) is 10.0 Å². The van der Waals surface area contributed by atoms with Crippen molar-refractivity contribution in [1.82, 2.24) is 14.5 Å². The van der Waals surface area contributed by atoms with Crippen LogP contribution in [0.2, 0.25) is 0 Å². The zero-order valence-corrected chi connectivity index (χ0v) is 16.5. The molecule has 5 nitrogen and oxygen atoms in total. The lowest BCUT2D eigenvalue weighted by atomic mass is 9.92. The van der Waals surface area contributed by atoms with Crippen molar-refractivity contribution in [2.45, 2.75) is 30.6 Å². The van der Waals surface area contributed by atoms with Crippen molar-refractivity contribution in [3.8, 4) is 0 Å². The van der Waals surface area contributed by atoms with E-state index in [1.165, 1.54) is 18.2 Å². The highest BCUT2D eigenvalue weighted by Gasteiger charge is 2.28. The van der Waals surface area contributed by atoms with Gasteiger partial charge in [-0.05, 0) is 62.7 Å². The molecule has 0 amide bonds. The quantitative estimate of drug-likeness (QED) is 0.717. The van der Waals surface area contributed by atoms with Crippen molar-refractivity contribution < 1.29 is 12.8 Å². The Morgan fingerprint density at radius 2 is 1.85 bits per heavy atom. The molecule has 0 radical (unpaired) electrons. The molecule has 8 heteroatoms. The molecule has 1 aliphatic heterocycles. The van der Waals surface area contributed by atoms with Crippen LogP contribution in [-0.4, -0.2) is 30.7 Å². The molecule has 1 aliphatic rings. The molecule has 1 saturated heterocycles. The Labute approximate surface area is 164 Å². The number of halogens is 2. The summed E-state index contributed by atoms with van der Waals surface area (Å²) in [4.78, 5) is 0.214. The van der Waals surface area contributed by atoms with Crippen molar-refractivity contribution in [3.05, 3.63) is 59.5 Å². The lowest BCUT2D eigenvalue weighted by Crippen LogP contribution is -2.27. The second-order valence-electron chi connectivity index (χ2n) is 6.68. The number of piperidine rings is 1. The third kappa shape index (κ3) is 3.47. The van der Waals surface area contributed by atoms with E-state index in [0.29, 0.717) is 22.2 Å². The summed E-state index contributed by atoms with van der Waals surface area (Å²) in [7, 11) is -3.86. The Bertz CT molecular complexity index is 1080. The van der Waals surface area contributed by atoms with Crippen LogP contribution in [0.3, 0.4) is 0 Å². The Morgan fingerprint density at radius 3 is 2.56 bits per heavy atom. The fraction of sp³-hybridized carbons (Fsp3) is 0.316. The molecule has 0 unspecified atom stereocenters. The SMILES string of the molecule is Cc1ccccc1S(=O)(=O)n1nc(C2CCNCC2)c2cc(F)ccc21.Cl. The second kappa shape index (κ2) is 7.58. The number of nitrogens with zero attached hydrogens (tertiary/aromatic N) is 2. The molecule has 0 bridgehead atoms. The molecule has 0 aliphatic carbocycles. The first-order valence-electron chi connectivity index (χ1n) is 8.68. The summed E-state index contributed by atoms with van der Waals surface area (Å²) in [5, 5.41) is 8.34. The van der Waals surface area contributed by atoms with E-state index in [1.807, 2.05) is 0 Å². The Kier molecular flexibility index (Phi) is 5.55. The van der Waals surface area contributed by atoms with Crippen molar-refractivity contribution in [3.63, 3.8) is 0 Å². The molecule has 1 aromatic heterocycles. The zero-order valence-electron chi connectivity index (χ0n) is 14.9.